The van der Waals surface area contributed by atoms with Crippen molar-refractivity contribution in [3.63, 3.8) is 0 Å². The Morgan fingerprint density at radius 1 is 0.960 bits per heavy atom. The molecular formula is C18H21N3O3S. The van der Waals surface area contributed by atoms with Gasteiger partial charge >= 0.3 is 5.69 Å². The lowest BCUT2D eigenvalue weighted by molar-refractivity contribution is 0.601. The summed E-state index contributed by atoms with van der Waals surface area (Å²) < 4.78 is 31.2. The smallest absolute Gasteiger partial charge is 0.292 e. The zero-order valence-electron chi connectivity index (χ0n) is 14.5. The number of nitrogens with one attached hydrogen (secondary N) is 1. The van der Waals surface area contributed by atoms with Crippen molar-refractivity contribution in [3.8, 4) is 0 Å². The minimum absolute atomic E-state index is 0.124. The predicted molar refractivity (Wildman–Crippen MR) is 99.5 cm³/mol. The second kappa shape index (κ2) is 6.40. The van der Waals surface area contributed by atoms with Gasteiger partial charge in [0, 0.05) is 18.8 Å². The van der Waals surface area contributed by atoms with Gasteiger partial charge in [0.1, 0.15) is 0 Å². The highest BCUT2D eigenvalue weighted by Crippen LogP contribution is 2.22. The van der Waals surface area contributed by atoms with Gasteiger partial charge in [-0.1, -0.05) is 12.1 Å². The Labute approximate surface area is 146 Å². The zero-order valence-corrected chi connectivity index (χ0v) is 15.3. The van der Waals surface area contributed by atoms with Crippen LogP contribution in [0, 0.1) is 6.92 Å². The molecule has 0 bridgehead atoms. The van der Waals surface area contributed by atoms with E-state index >= 15 is 0 Å². The van der Waals surface area contributed by atoms with Gasteiger partial charge in [-0.05, 0) is 56.7 Å². The third-order valence-electron chi connectivity index (χ3n) is 4.20. The molecule has 0 saturated carbocycles. The number of fused-ring (bicyclic) bond motifs is 1. The molecule has 0 saturated heterocycles. The molecule has 1 N–H and O–H groups in total. The van der Waals surface area contributed by atoms with E-state index in [0.717, 1.165) is 11.1 Å². The first-order chi connectivity index (χ1) is 11.9. The number of sulfonamides is 1. The Morgan fingerprint density at radius 2 is 1.64 bits per heavy atom. The summed E-state index contributed by atoms with van der Waals surface area (Å²) in [5.41, 5.74) is 2.72. The van der Waals surface area contributed by atoms with Crippen LogP contribution in [0.3, 0.4) is 0 Å². The van der Waals surface area contributed by atoms with Gasteiger partial charge in [0.2, 0.25) is 0 Å². The summed E-state index contributed by atoms with van der Waals surface area (Å²) in [6.45, 7) is 6.68. The Kier molecular flexibility index (Phi) is 4.43. The normalized spacial score (nSPS) is 11.8. The maximum absolute atomic E-state index is 12.7. The third-order valence-corrected chi connectivity index (χ3v) is 5.58. The quantitative estimate of drug-likeness (QED) is 0.761. The molecular weight excluding hydrogens is 338 g/mol. The number of imidazole rings is 1. The molecule has 0 amide bonds. The van der Waals surface area contributed by atoms with E-state index < -0.39 is 10.0 Å². The van der Waals surface area contributed by atoms with E-state index in [1.54, 1.807) is 39.5 Å². The van der Waals surface area contributed by atoms with E-state index in [0.29, 0.717) is 24.3 Å². The van der Waals surface area contributed by atoms with Crippen LogP contribution in [-0.2, 0) is 23.1 Å². The van der Waals surface area contributed by atoms with Crippen LogP contribution in [0.1, 0.15) is 19.4 Å². The fourth-order valence-corrected chi connectivity index (χ4v) is 4.07. The molecule has 0 aliphatic carbocycles. The maximum atomic E-state index is 12.7. The van der Waals surface area contributed by atoms with Gasteiger partial charge in [0.05, 0.1) is 15.9 Å². The summed E-state index contributed by atoms with van der Waals surface area (Å²) >= 11 is 0. The van der Waals surface area contributed by atoms with Crippen molar-refractivity contribution >= 4 is 26.7 Å². The lowest BCUT2D eigenvalue weighted by atomic mass is 10.2. The van der Waals surface area contributed by atoms with Gasteiger partial charge in [-0.2, -0.15) is 0 Å². The van der Waals surface area contributed by atoms with Gasteiger partial charge < -0.3 is 0 Å². The first-order valence-corrected chi connectivity index (χ1v) is 9.68. The number of rotatable bonds is 5. The number of hydrogen-bond acceptors (Lipinski definition) is 3. The molecule has 3 rings (SSSR count). The molecule has 1 aromatic heterocycles. The van der Waals surface area contributed by atoms with Crippen LogP contribution < -0.4 is 10.4 Å². The average molecular weight is 359 g/mol. The van der Waals surface area contributed by atoms with Crippen LogP contribution in [0.25, 0.3) is 11.0 Å². The fourth-order valence-electron chi connectivity index (χ4n) is 3.00. The molecule has 3 aromatic rings. The molecule has 0 aliphatic heterocycles. The highest BCUT2D eigenvalue weighted by atomic mass is 32.2. The highest BCUT2D eigenvalue weighted by molar-refractivity contribution is 7.92. The van der Waals surface area contributed by atoms with Crippen molar-refractivity contribution in [1.82, 2.24) is 9.13 Å². The van der Waals surface area contributed by atoms with Gasteiger partial charge in [-0.3, -0.25) is 13.9 Å². The van der Waals surface area contributed by atoms with Gasteiger partial charge in [0.25, 0.3) is 10.0 Å². The number of nitrogens with zero attached hydrogens (tertiary/aromatic N) is 2. The third kappa shape index (κ3) is 3.07. The van der Waals surface area contributed by atoms with E-state index in [4.69, 9.17) is 0 Å². The highest BCUT2D eigenvalue weighted by Gasteiger charge is 2.18. The zero-order chi connectivity index (χ0) is 18.2. The number of aromatic nitrogens is 2. The van der Waals surface area contributed by atoms with Crippen LogP contribution >= 0.6 is 0 Å². The Hall–Kier alpha value is -2.54. The molecule has 0 radical (unpaired) electrons. The summed E-state index contributed by atoms with van der Waals surface area (Å²) in [5, 5.41) is 0. The molecule has 1 heterocycles. The second-order valence-corrected chi connectivity index (χ2v) is 7.58. The monoisotopic (exact) mass is 359 g/mol. The van der Waals surface area contributed by atoms with Crippen LogP contribution in [0.15, 0.2) is 52.2 Å². The number of anilines is 1. The standard InChI is InChI=1S/C18H21N3O3S/c1-4-20-16-10-9-15(12-17(16)21(5-2)18(20)22)25(23,24)19-14-8-6-7-13(3)11-14/h6-12,19H,4-5H2,1-3H3. The van der Waals surface area contributed by atoms with Crippen LogP contribution in [0.2, 0.25) is 0 Å². The predicted octanol–water partition coefficient (Wildman–Crippen LogP) is 2.95. The minimum atomic E-state index is -3.73. The van der Waals surface area contributed by atoms with Crippen molar-refractivity contribution in [2.75, 3.05) is 4.72 Å². The summed E-state index contributed by atoms with van der Waals surface area (Å²) in [6.07, 6.45) is 0. The maximum Gasteiger partial charge on any atom is 0.329 e. The van der Waals surface area contributed by atoms with E-state index in [9.17, 15) is 13.2 Å². The van der Waals surface area contributed by atoms with E-state index in [1.165, 1.54) is 6.07 Å². The number of hydrogen-bond donors (Lipinski definition) is 1. The van der Waals surface area contributed by atoms with Gasteiger partial charge in [0.15, 0.2) is 0 Å². The fraction of sp³-hybridized carbons (Fsp3) is 0.278. The van der Waals surface area contributed by atoms with Crippen molar-refractivity contribution in [3.05, 3.63) is 58.5 Å². The van der Waals surface area contributed by atoms with E-state index in [1.807, 2.05) is 26.8 Å². The summed E-state index contributed by atoms with van der Waals surface area (Å²) in [7, 11) is -3.73. The first-order valence-electron chi connectivity index (χ1n) is 8.20. The van der Waals surface area contributed by atoms with E-state index in [2.05, 4.69) is 4.72 Å². The van der Waals surface area contributed by atoms with Crippen molar-refractivity contribution < 1.29 is 8.42 Å². The topological polar surface area (TPSA) is 73.1 Å². The molecule has 0 unspecified atom stereocenters. The molecule has 132 valence electrons. The Bertz CT molecular complexity index is 1090. The molecule has 0 fully saturated rings. The molecule has 7 heteroatoms. The summed E-state index contributed by atoms with van der Waals surface area (Å²) in [6, 6.07) is 12.0. The minimum Gasteiger partial charge on any atom is -0.292 e. The SMILES string of the molecule is CCn1c(=O)n(CC)c2cc(S(=O)(=O)Nc3cccc(C)c3)ccc21. The Morgan fingerprint density at radius 3 is 2.28 bits per heavy atom. The molecule has 0 aliphatic rings. The first kappa shape index (κ1) is 17.3. The second-order valence-electron chi connectivity index (χ2n) is 5.90. The molecule has 25 heavy (non-hydrogen) atoms. The number of aryl methyl sites for hydroxylation is 3. The summed E-state index contributed by atoms with van der Waals surface area (Å²) in [4.78, 5) is 12.5. The van der Waals surface area contributed by atoms with Crippen LogP contribution in [-0.4, -0.2) is 17.6 Å². The van der Waals surface area contributed by atoms with E-state index in [-0.39, 0.29) is 10.6 Å². The van der Waals surface area contributed by atoms with Gasteiger partial charge in [-0.15, -0.1) is 0 Å². The Balaban J connectivity index is 2.11. The van der Waals surface area contributed by atoms with Crippen LogP contribution in [0.4, 0.5) is 5.69 Å². The molecule has 0 spiro atoms. The van der Waals surface area contributed by atoms with Crippen molar-refractivity contribution in [2.45, 2.75) is 38.8 Å². The summed E-state index contributed by atoms with van der Waals surface area (Å²) in [5.74, 6) is 0. The number of benzene rings is 2. The van der Waals surface area contributed by atoms with Gasteiger partial charge in [-0.25, -0.2) is 13.2 Å². The molecule has 6 nitrogen and oxygen atoms in total. The van der Waals surface area contributed by atoms with Crippen LogP contribution in [0.5, 0.6) is 0 Å². The lowest BCUT2D eigenvalue weighted by Gasteiger charge is -2.09. The van der Waals surface area contributed by atoms with Crippen molar-refractivity contribution in [1.29, 1.82) is 0 Å². The largest absolute Gasteiger partial charge is 0.329 e. The molecule has 0 atom stereocenters. The average Bonchev–Trinajstić information content (AvgIpc) is 2.84. The van der Waals surface area contributed by atoms with Crippen molar-refractivity contribution in [2.24, 2.45) is 0 Å². The molecule has 2 aromatic carbocycles. The lowest BCUT2D eigenvalue weighted by Crippen LogP contribution is -2.23.